The molecule has 1 aromatic rings. The number of hydrogen-bond acceptors (Lipinski definition) is 2. The number of carbonyl (C=O) groups is 1. The van der Waals surface area contributed by atoms with Crippen LogP contribution in [0.1, 0.15) is 18.1 Å². The van der Waals surface area contributed by atoms with E-state index < -0.39 is 0 Å². The second-order valence-electron chi connectivity index (χ2n) is 3.92. The van der Waals surface area contributed by atoms with Crippen molar-refractivity contribution in [2.45, 2.75) is 26.8 Å². The molecule has 0 radical (unpaired) electrons. The maximum absolute atomic E-state index is 11.7. The molecule has 3 nitrogen and oxygen atoms in total. The summed E-state index contributed by atoms with van der Waals surface area (Å²) in [6.07, 6.45) is 0. The average molecular weight is 285 g/mol. The van der Waals surface area contributed by atoms with Crippen molar-refractivity contribution in [3.05, 3.63) is 27.7 Å². The lowest BCUT2D eigenvalue weighted by Gasteiger charge is -2.13. The number of aryl methyl sites for hydroxylation is 2. The second kappa shape index (κ2) is 5.46. The fourth-order valence-corrected chi connectivity index (χ4v) is 1.63. The standard InChI is InChI=1S/C12H17BrN2O/c1-7-5-10(6-8(2)11(7)13)15-12(16)9(3)14-4/h5-6,9,14H,1-4H3,(H,15,16). The number of amides is 1. The Bertz CT molecular complexity index is 381. The van der Waals surface area contributed by atoms with Crippen LogP contribution < -0.4 is 10.6 Å². The van der Waals surface area contributed by atoms with E-state index in [1.165, 1.54) is 0 Å². The number of likely N-dealkylation sites (N-methyl/N-ethyl adjacent to an activating group) is 1. The lowest BCUT2D eigenvalue weighted by atomic mass is 10.1. The van der Waals surface area contributed by atoms with Gasteiger partial charge in [-0.1, -0.05) is 15.9 Å². The minimum Gasteiger partial charge on any atom is -0.325 e. The van der Waals surface area contributed by atoms with Crippen LogP contribution in [-0.2, 0) is 4.79 Å². The molecule has 1 atom stereocenters. The third-order valence-electron chi connectivity index (χ3n) is 2.53. The van der Waals surface area contributed by atoms with Crippen LogP contribution in [-0.4, -0.2) is 19.0 Å². The van der Waals surface area contributed by atoms with E-state index in [0.717, 1.165) is 21.3 Å². The topological polar surface area (TPSA) is 41.1 Å². The smallest absolute Gasteiger partial charge is 0.241 e. The molecule has 0 aliphatic heterocycles. The van der Waals surface area contributed by atoms with E-state index in [0.29, 0.717) is 0 Å². The van der Waals surface area contributed by atoms with Crippen LogP contribution in [0.3, 0.4) is 0 Å². The molecule has 0 heterocycles. The average Bonchev–Trinajstić information content (AvgIpc) is 2.24. The summed E-state index contributed by atoms with van der Waals surface area (Å²) >= 11 is 3.50. The Kier molecular flexibility index (Phi) is 4.50. The van der Waals surface area contributed by atoms with Crippen LogP contribution in [0.25, 0.3) is 0 Å². The van der Waals surface area contributed by atoms with Crippen molar-refractivity contribution in [1.82, 2.24) is 5.32 Å². The molecule has 16 heavy (non-hydrogen) atoms. The van der Waals surface area contributed by atoms with Crippen LogP contribution in [0.5, 0.6) is 0 Å². The van der Waals surface area contributed by atoms with Gasteiger partial charge in [-0.2, -0.15) is 0 Å². The number of benzene rings is 1. The molecular formula is C12H17BrN2O. The summed E-state index contributed by atoms with van der Waals surface area (Å²) in [4.78, 5) is 11.7. The molecule has 0 bridgehead atoms. The Morgan fingerprint density at radius 1 is 1.31 bits per heavy atom. The van der Waals surface area contributed by atoms with Crippen molar-refractivity contribution < 1.29 is 4.79 Å². The molecule has 1 rings (SSSR count). The third-order valence-corrected chi connectivity index (χ3v) is 3.78. The molecule has 0 fully saturated rings. The van der Waals surface area contributed by atoms with Crippen LogP contribution in [0.2, 0.25) is 0 Å². The van der Waals surface area contributed by atoms with Crippen LogP contribution in [0.4, 0.5) is 5.69 Å². The molecular weight excluding hydrogens is 268 g/mol. The summed E-state index contributed by atoms with van der Waals surface area (Å²) in [7, 11) is 1.77. The van der Waals surface area contributed by atoms with E-state index in [-0.39, 0.29) is 11.9 Å². The predicted molar refractivity (Wildman–Crippen MR) is 70.8 cm³/mol. The van der Waals surface area contributed by atoms with Crippen molar-refractivity contribution in [1.29, 1.82) is 0 Å². The number of hydrogen-bond donors (Lipinski definition) is 2. The van der Waals surface area contributed by atoms with Crippen LogP contribution in [0.15, 0.2) is 16.6 Å². The van der Waals surface area contributed by atoms with Crippen LogP contribution in [0, 0.1) is 13.8 Å². The Morgan fingerprint density at radius 3 is 2.25 bits per heavy atom. The number of halogens is 1. The molecule has 0 aliphatic rings. The summed E-state index contributed by atoms with van der Waals surface area (Å²) in [5, 5.41) is 5.78. The first kappa shape index (κ1) is 13.2. The van der Waals surface area contributed by atoms with Gasteiger partial charge in [0.25, 0.3) is 0 Å². The lowest BCUT2D eigenvalue weighted by Crippen LogP contribution is -2.35. The van der Waals surface area contributed by atoms with E-state index in [1.54, 1.807) is 7.05 Å². The summed E-state index contributed by atoms with van der Waals surface area (Å²) in [6.45, 7) is 5.84. The molecule has 2 N–H and O–H groups in total. The number of carbonyl (C=O) groups excluding carboxylic acids is 1. The SMILES string of the molecule is CNC(C)C(=O)Nc1cc(C)c(Br)c(C)c1. The largest absolute Gasteiger partial charge is 0.325 e. The van der Waals surface area contributed by atoms with Gasteiger partial charge in [-0.05, 0) is 51.1 Å². The Hall–Kier alpha value is -0.870. The van der Waals surface area contributed by atoms with Gasteiger partial charge < -0.3 is 10.6 Å². The minimum atomic E-state index is -0.191. The molecule has 0 aliphatic carbocycles. The first-order chi connectivity index (χ1) is 7.45. The molecule has 0 saturated carbocycles. The predicted octanol–water partition coefficient (Wildman–Crippen LogP) is 2.61. The van der Waals surface area contributed by atoms with Gasteiger partial charge in [-0.15, -0.1) is 0 Å². The van der Waals surface area contributed by atoms with Gasteiger partial charge in [0, 0.05) is 10.2 Å². The van der Waals surface area contributed by atoms with E-state index >= 15 is 0 Å². The van der Waals surface area contributed by atoms with Crippen molar-refractivity contribution in [2.75, 3.05) is 12.4 Å². The van der Waals surface area contributed by atoms with Crippen molar-refractivity contribution in [3.63, 3.8) is 0 Å². The van der Waals surface area contributed by atoms with Gasteiger partial charge in [0.05, 0.1) is 6.04 Å². The Balaban J connectivity index is 2.87. The highest BCUT2D eigenvalue weighted by Crippen LogP contribution is 2.24. The van der Waals surface area contributed by atoms with Gasteiger partial charge >= 0.3 is 0 Å². The maximum atomic E-state index is 11.7. The zero-order chi connectivity index (χ0) is 12.3. The van der Waals surface area contributed by atoms with Crippen molar-refractivity contribution in [3.8, 4) is 0 Å². The van der Waals surface area contributed by atoms with Crippen molar-refractivity contribution >= 4 is 27.5 Å². The third kappa shape index (κ3) is 3.06. The monoisotopic (exact) mass is 284 g/mol. The number of anilines is 1. The molecule has 1 amide bonds. The summed E-state index contributed by atoms with van der Waals surface area (Å²) in [5.74, 6) is -0.0244. The van der Waals surface area contributed by atoms with E-state index in [4.69, 9.17) is 0 Å². The van der Waals surface area contributed by atoms with Gasteiger partial charge in [0.1, 0.15) is 0 Å². The zero-order valence-electron chi connectivity index (χ0n) is 10.0. The molecule has 88 valence electrons. The summed E-state index contributed by atoms with van der Waals surface area (Å²) < 4.78 is 1.09. The first-order valence-electron chi connectivity index (χ1n) is 5.20. The van der Waals surface area contributed by atoms with E-state index in [2.05, 4.69) is 26.6 Å². The van der Waals surface area contributed by atoms with Gasteiger partial charge in [0.15, 0.2) is 0 Å². The second-order valence-corrected chi connectivity index (χ2v) is 4.72. The number of rotatable bonds is 3. The highest BCUT2D eigenvalue weighted by Gasteiger charge is 2.11. The highest BCUT2D eigenvalue weighted by molar-refractivity contribution is 9.10. The highest BCUT2D eigenvalue weighted by atomic mass is 79.9. The van der Waals surface area contributed by atoms with Crippen LogP contribution >= 0.6 is 15.9 Å². The lowest BCUT2D eigenvalue weighted by molar-refractivity contribution is -0.117. The molecule has 1 aromatic carbocycles. The quantitative estimate of drug-likeness (QED) is 0.896. The summed E-state index contributed by atoms with van der Waals surface area (Å²) in [6, 6.07) is 3.72. The molecule has 4 heteroatoms. The van der Waals surface area contributed by atoms with E-state index in [1.807, 2.05) is 32.9 Å². The molecule has 1 unspecified atom stereocenters. The minimum absolute atomic E-state index is 0.0244. The zero-order valence-corrected chi connectivity index (χ0v) is 11.6. The number of nitrogens with one attached hydrogen (secondary N) is 2. The molecule has 0 spiro atoms. The fraction of sp³-hybridized carbons (Fsp3) is 0.417. The Morgan fingerprint density at radius 2 is 1.81 bits per heavy atom. The van der Waals surface area contributed by atoms with Gasteiger partial charge in [-0.3, -0.25) is 4.79 Å². The normalized spacial score (nSPS) is 12.3. The van der Waals surface area contributed by atoms with Gasteiger partial charge in [-0.25, -0.2) is 0 Å². The summed E-state index contributed by atoms with van der Waals surface area (Å²) in [5.41, 5.74) is 3.07. The van der Waals surface area contributed by atoms with E-state index in [9.17, 15) is 4.79 Å². The molecule has 0 saturated heterocycles. The first-order valence-corrected chi connectivity index (χ1v) is 6.00. The Labute approximate surface area is 105 Å². The van der Waals surface area contributed by atoms with Gasteiger partial charge in [0.2, 0.25) is 5.91 Å². The van der Waals surface area contributed by atoms with Crippen molar-refractivity contribution in [2.24, 2.45) is 0 Å². The fourth-order valence-electron chi connectivity index (χ4n) is 1.40. The molecule has 0 aromatic heterocycles. The maximum Gasteiger partial charge on any atom is 0.241 e.